The van der Waals surface area contributed by atoms with Gasteiger partial charge < -0.3 is 9.72 Å². The Kier molecular flexibility index (Phi) is 5.31. The molecule has 0 radical (unpaired) electrons. The lowest BCUT2D eigenvalue weighted by molar-refractivity contribution is 0.0122. The number of nitrogens with one attached hydrogen (secondary N) is 1. The Bertz CT molecular complexity index is 1250. The molecule has 0 unspecified atom stereocenters. The molecule has 0 atom stereocenters. The van der Waals surface area contributed by atoms with Crippen molar-refractivity contribution in [2.75, 3.05) is 6.61 Å². The van der Waals surface area contributed by atoms with E-state index in [1.54, 1.807) is 0 Å². The third kappa shape index (κ3) is 3.34. The lowest BCUT2D eigenvalue weighted by Crippen LogP contribution is -2.33. The van der Waals surface area contributed by atoms with Gasteiger partial charge in [0.25, 0.3) is 0 Å². The summed E-state index contributed by atoms with van der Waals surface area (Å²) in [5, 5.41) is 2.46. The van der Waals surface area contributed by atoms with Gasteiger partial charge in [-0.3, -0.25) is 0 Å². The summed E-state index contributed by atoms with van der Waals surface area (Å²) >= 11 is 0. The van der Waals surface area contributed by atoms with Crippen molar-refractivity contribution in [2.45, 2.75) is 25.4 Å². The number of fused-ring (bicyclic) bond motifs is 3. The van der Waals surface area contributed by atoms with E-state index in [1.165, 1.54) is 10.8 Å². The molecule has 0 fully saturated rings. The summed E-state index contributed by atoms with van der Waals surface area (Å²) in [6.07, 6.45) is 2.11. The minimum atomic E-state index is -0.696. The van der Waals surface area contributed by atoms with E-state index in [1.807, 2.05) is 0 Å². The van der Waals surface area contributed by atoms with E-state index in [0.29, 0.717) is 6.61 Å². The fourth-order valence-corrected chi connectivity index (χ4v) is 4.60. The molecule has 0 spiro atoms. The fraction of sp³-hybridized carbons (Fsp3) is 0.172. The lowest BCUT2D eigenvalue weighted by atomic mass is 9.79. The summed E-state index contributed by atoms with van der Waals surface area (Å²) in [5.74, 6) is 0. The zero-order chi connectivity index (χ0) is 21.1. The molecule has 0 aliphatic rings. The molecule has 5 rings (SSSR count). The molecule has 31 heavy (non-hydrogen) atoms. The van der Waals surface area contributed by atoms with Crippen LogP contribution in [0.4, 0.5) is 0 Å². The van der Waals surface area contributed by atoms with Crippen LogP contribution in [0.2, 0.25) is 0 Å². The summed E-state index contributed by atoms with van der Waals surface area (Å²) in [4.78, 5) is 3.70. The van der Waals surface area contributed by atoms with Crippen LogP contribution in [0.15, 0.2) is 103 Å². The van der Waals surface area contributed by atoms with Crippen LogP contribution >= 0.6 is 0 Å². The Balaban J connectivity index is 1.86. The van der Waals surface area contributed by atoms with Crippen LogP contribution in [-0.2, 0) is 10.3 Å². The molecule has 0 aliphatic heterocycles. The van der Waals surface area contributed by atoms with E-state index >= 15 is 0 Å². The van der Waals surface area contributed by atoms with E-state index in [4.69, 9.17) is 4.74 Å². The number of aromatic amines is 1. The van der Waals surface area contributed by atoms with Crippen molar-refractivity contribution in [2.24, 2.45) is 0 Å². The van der Waals surface area contributed by atoms with Gasteiger partial charge in [-0.05, 0) is 23.6 Å². The number of benzene rings is 4. The highest BCUT2D eigenvalue weighted by atomic mass is 16.5. The van der Waals surface area contributed by atoms with Gasteiger partial charge in [0.1, 0.15) is 5.60 Å². The second-order valence-electron chi connectivity index (χ2n) is 8.01. The number of rotatable bonds is 7. The van der Waals surface area contributed by atoms with Gasteiger partial charge in [0.15, 0.2) is 0 Å². The molecule has 5 aromatic rings. The SMILES string of the molecule is CCCCOC(c1ccccc1)(c1ccccc1)c1cccc2c1[nH]c1ccccc12. The Labute approximate surface area is 183 Å². The molecule has 154 valence electrons. The highest BCUT2D eigenvalue weighted by Gasteiger charge is 2.39. The first-order valence-electron chi connectivity index (χ1n) is 11.1. The molecule has 0 saturated carbocycles. The van der Waals surface area contributed by atoms with Gasteiger partial charge in [-0.1, -0.05) is 110 Å². The van der Waals surface area contributed by atoms with Crippen molar-refractivity contribution in [3.05, 3.63) is 120 Å². The average Bonchev–Trinajstić information content (AvgIpc) is 3.22. The number of para-hydroxylation sites is 2. The Morgan fingerprint density at radius 1 is 0.677 bits per heavy atom. The second-order valence-corrected chi connectivity index (χ2v) is 8.01. The van der Waals surface area contributed by atoms with Crippen molar-refractivity contribution < 1.29 is 4.74 Å². The molecule has 2 nitrogen and oxygen atoms in total. The van der Waals surface area contributed by atoms with Crippen LogP contribution in [-0.4, -0.2) is 11.6 Å². The van der Waals surface area contributed by atoms with Gasteiger partial charge in [-0.25, -0.2) is 0 Å². The van der Waals surface area contributed by atoms with Crippen molar-refractivity contribution in [3.63, 3.8) is 0 Å². The van der Waals surface area contributed by atoms with Gasteiger partial charge in [-0.2, -0.15) is 0 Å². The number of hydrogen-bond acceptors (Lipinski definition) is 1. The van der Waals surface area contributed by atoms with Gasteiger partial charge in [0.05, 0.1) is 5.52 Å². The topological polar surface area (TPSA) is 25.0 Å². The van der Waals surface area contributed by atoms with E-state index in [0.717, 1.165) is 40.6 Å². The summed E-state index contributed by atoms with van der Waals surface area (Å²) in [5.41, 5.74) is 5.01. The minimum Gasteiger partial charge on any atom is -0.361 e. The molecule has 1 aromatic heterocycles. The number of ether oxygens (including phenoxy) is 1. The quantitative estimate of drug-likeness (QED) is 0.221. The maximum Gasteiger partial charge on any atom is 0.145 e. The van der Waals surface area contributed by atoms with Gasteiger partial charge >= 0.3 is 0 Å². The smallest absolute Gasteiger partial charge is 0.145 e. The van der Waals surface area contributed by atoms with Gasteiger partial charge in [0.2, 0.25) is 0 Å². The monoisotopic (exact) mass is 405 g/mol. The summed E-state index contributed by atoms with van der Waals surface area (Å²) in [6, 6.07) is 36.3. The van der Waals surface area contributed by atoms with Crippen LogP contribution < -0.4 is 0 Å². The molecule has 1 heterocycles. The number of hydrogen-bond donors (Lipinski definition) is 1. The standard InChI is InChI=1S/C29H27NO/c1-2-3-21-31-29(22-13-6-4-7-14-22,23-15-8-5-9-16-23)26-19-12-18-25-24-17-10-11-20-27(24)30-28(25)26/h4-20,30H,2-3,21H2,1H3. The first kappa shape index (κ1) is 19.6. The normalized spacial score (nSPS) is 11.9. The van der Waals surface area contributed by atoms with Gasteiger partial charge in [-0.15, -0.1) is 0 Å². The van der Waals surface area contributed by atoms with Crippen LogP contribution in [0.25, 0.3) is 21.8 Å². The second kappa shape index (κ2) is 8.41. The molecule has 2 heteroatoms. The Morgan fingerprint density at radius 2 is 1.29 bits per heavy atom. The van der Waals surface area contributed by atoms with Gasteiger partial charge in [0, 0.05) is 28.5 Å². The van der Waals surface area contributed by atoms with Crippen LogP contribution in [0.1, 0.15) is 36.5 Å². The number of H-pyrrole nitrogens is 1. The molecule has 0 amide bonds. The largest absolute Gasteiger partial charge is 0.361 e. The highest BCUT2D eigenvalue weighted by Crippen LogP contribution is 2.44. The first-order chi connectivity index (χ1) is 15.3. The minimum absolute atomic E-state index is 0.691. The molecular weight excluding hydrogens is 378 g/mol. The van der Waals surface area contributed by atoms with E-state index < -0.39 is 5.60 Å². The van der Waals surface area contributed by atoms with Crippen molar-refractivity contribution in [3.8, 4) is 0 Å². The lowest BCUT2D eigenvalue weighted by Gasteiger charge is -2.36. The maximum atomic E-state index is 6.91. The maximum absolute atomic E-state index is 6.91. The van der Waals surface area contributed by atoms with Crippen LogP contribution in [0, 0.1) is 0 Å². The average molecular weight is 406 g/mol. The molecule has 4 aromatic carbocycles. The molecule has 0 saturated heterocycles. The highest BCUT2D eigenvalue weighted by molar-refractivity contribution is 6.08. The molecule has 1 N–H and O–H groups in total. The van der Waals surface area contributed by atoms with E-state index in [2.05, 4.69) is 115 Å². The summed E-state index contributed by atoms with van der Waals surface area (Å²) < 4.78 is 6.91. The van der Waals surface area contributed by atoms with Crippen molar-refractivity contribution >= 4 is 21.8 Å². The zero-order valence-corrected chi connectivity index (χ0v) is 17.8. The third-order valence-corrected chi connectivity index (χ3v) is 6.10. The Hall–Kier alpha value is -3.36. The number of unbranched alkanes of at least 4 members (excludes halogenated alkanes) is 1. The third-order valence-electron chi connectivity index (χ3n) is 6.10. The molecule has 0 bridgehead atoms. The summed E-state index contributed by atoms with van der Waals surface area (Å²) in [6.45, 7) is 2.89. The van der Waals surface area contributed by atoms with E-state index in [-0.39, 0.29) is 0 Å². The van der Waals surface area contributed by atoms with Crippen molar-refractivity contribution in [1.82, 2.24) is 4.98 Å². The number of aromatic nitrogens is 1. The van der Waals surface area contributed by atoms with Crippen LogP contribution in [0.5, 0.6) is 0 Å². The fourth-order valence-electron chi connectivity index (χ4n) is 4.60. The molecule has 0 aliphatic carbocycles. The Morgan fingerprint density at radius 3 is 1.97 bits per heavy atom. The summed E-state index contributed by atoms with van der Waals surface area (Å²) in [7, 11) is 0. The van der Waals surface area contributed by atoms with Crippen LogP contribution in [0.3, 0.4) is 0 Å². The molecular formula is C29H27NO. The predicted octanol–water partition coefficient (Wildman–Crippen LogP) is 7.43. The zero-order valence-electron chi connectivity index (χ0n) is 17.8. The predicted molar refractivity (Wildman–Crippen MR) is 129 cm³/mol. The first-order valence-corrected chi connectivity index (χ1v) is 11.1. The van der Waals surface area contributed by atoms with Crippen molar-refractivity contribution in [1.29, 1.82) is 0 Å². The van der Waals surface area contributed by atoms with E-state index in [9.17, 15) is 0 Å².